The first-order chi connectivity index (χ1) is 13.0. The normalized spacial score (nSPS) is 13.3. The number of rotatable bonds is 9. The first-order valence-electron chi connectivity index (χ1n) is 8.12. The van der Waals surface area contributed by atoms with Gasteiger partial charge < -0.3 is 10.1 Å². The summed E-state index contributed by atoms with van der Waals surface area (Å²) in [6.45, 7) is 1.07. The second-order valence-corrected chi connectivity index (χ2v) is 7.73. The zero-order chi connectivity index (χ0) is 20.8. The van der Waals surface area contributed by atoms with E-state index in [1.807, 2.05) is 0 Å². The summed E-state index contributed by atoms with van der Waals surface area (Å²) in [5.74, 6) is -0.183. The number of halogens is 4. The number of hydrogen-bond donors (Lipinski definition) is 2. The molecular formula is C17H19F4N3O3S. The van der Waals surface area contributed by atoms with Crippen molar-refractivity contribution >= 4 is 10.0 Å². The van der Waals surface area contributed by atoms with Gasteiger partial charge >= 0.3 is 6.18 Å². The molecule has 0 bridgehead atoms. The molecule has 1 atom stereocenters. The van der Waals surface area contributed by atoms with Crippen molar-refractivity contribution in [2.24, 2.45) is 0 Å². The van der Waals surface area contributed by atoms with Crippen molar-refractivity contribution in [3.8, 4) is 5.88 Å². The summed E-state index contributed by atoms with van der Waals surface area (Å²) in [5, 5.41) is 3.04. The zero-order valence-corrected chi connectivity index (χ0v) is 15.6. The Kier molecular flexibility index (Phi) is 7.33. The van der Waals surface area contributed by atoms with Gasteiger partial charge in [0.25, 0.3) is 0 Å². The van der Waals surface area contributed by atoms with Gasteiger partial charge in [-0.05, 0) is 17.2 Å². The molecule has 0 saturated heterocycles. The molecular weight excluding hydrogens is 402 g/mol. The van der Waals surface area contributed by atoms with E-state index in [1.165, 1.54) is 36.4 Å². The fourth-order valence-electron chi connectivity index (χ4n) is 2.27. The maximum Gasteiger partial charge on any atom is 0.408 e. The first kappa shape index (κ1) is 22.1. The molecule has 1 heterocycles. The minimum atomic E-state index is -4.76. The molecule has 0 aliphatic heterocycles. The van der Waals surface area contributed by atoms with Gasteiger partial charge in [0.15, 0.2) is 0 Å². The van der Waals surface area contributed by atoms with Crippen molar-refractivity contribution in [2.75, 3.05) is 19.4 Å². The first-order valence-corrected chi connectivity index (χ1v) is 10.0. The molecule has 28 heavy (non-hydrogen) atoms. The van der Waals surface area contributed by atoms with Crippen LogP contribution in [0.3, 0.4) is 0 Å². The highest BCUT2D eigenvalue weighted by Crippen LogP contribution is 2.33. The Morgan fingerprint density at radius 2 is 1.82 bits per heavy atom. The third-order valence-corrected chi connectivity index (χ3v) is 4.19. The number of sulfonamides is 1. The number of nitrogens with zero attached hydrogens (tertiary/aromatic N) is 1. The van der Waals surface area contributed by atoms with Crippen LogP contribution < -0.4 is 14.8 Å². The van der Waals surface area contributed by atoms with Gasteiger partial charge in [0.2, 0.25) is 15.9 Å². The highest BCUT2D eigenvalue weighted by molar-refractivity contribution is 7.88. The minimum Gasteiger partial charge on any atom is -0.476 e. The van der Waals surface area contributed by atoms with Crippen molar-refractivity contribution in [1.29, 1.82) is 0 Å². The molecule has 11 heteroatoms. The molecule has 0 radical (unpaired) electrons. The Morgan fingerprint density at radius 1 is 1.14 bits per heavy atom. The second-order valence-electron chi connectivity index (χ2n) is 5.95. The third-order valence-electron chi connectivity index (χ3n) is 3.53. The van der Waals surface area contributed by atoms with E-state index in [0.717, 1.165) is 6.20 Å². The van der Waals surface area contributed by atoms with E-state index in [-0.39, 0.29) is 18.1 Å². The number of hydrogen-bond acceptors (Lipinski definition) is 5. The number of alkyl halides is 3. The number of benzene rings is 1. The monoisotopic (exact) mass is 421 g/mol. The predicted octanol–water partition coefficient (Wildman–Crippen LogP) is 2.54. The van der Waals surface area contributed by atoms with Crippen LogP contribution in [0, 0.1) is 5.82 Å². The van der Waals surface area contributed by atoms with Crippen LogP contribution in [0.5, 0.6) is 5.88 Å². The Hall–Kier alpha value is -2.24. The van der Waals surface area contributed by atoms with Gasteiger partial charge in [0.1, 0.15) is 18.5 Å². The van der Waals surface area contributed by atoms with Crippen molar-refractivity contribution in [3.63, 3.8) is 0 Å². The van der Waals surface area contributed by atoms with Crippen molar-refractivity contribution in [3.05, 3.63) is 59.5 Å². The Morgan fingerprint density at radius 3 is 2.36 bits per heavy atom. The molecule has 0 saturated carbocycles. The Labute approximate surface area is 160 Å². The number of ether oxygens (including phenoxy) is 1. The van der Waals surface area contributed by atoms with Crippen LogP contribution in [0.1, 0.15) is 17.2 Å². The van der Waals surface area contributed by atoms with E-state index < -0.39 is 28.1 Å². The molecule has 6 nitrogen and oxygen atoms in total. The lowest BCUT2D eigenvalue weighted by Crippen LogP contribution is -2.37. The van der Waals surface area contributed by atoms with Gasteiger partial charge in [-0.25, -0.2) is 17.8 Å². The quantitative estimate of drug-likeness (QED) is 0.481. The summed E-state index contributed by atoms with van der Waals surface area (Å²) in [4.78, 5) is 3.74. The van der Waals surface area contributed by atoms with Gasteiger partial charge in [-0.1, -0.05) is 24.3 Å². The highest BCUT2D eigenvalue weighted by atomic mass is 32.2. The molecule has 154 valence electrons. The fraction of sp³-hybridized carbons (Fsp3) is 0.353. The summed E-state index contributed by atoms with van der Waals surface area (Å²) < 4.78 is 81.3. The van der Waals surface area contributed by atoms with Gasteiger partial charge in [-0.3, -0.25) is 0 Å². The number of pyridine rings is 1. The molecule has 0 spiro atoms. The van der Waals surface area contributed by atoms with E-state index in [0.29, 0.717) is 24.9 Å². The second kappa shape index (κ2) is 9.30. The van der Waals surface area contributed by atoms with Gasteiger partial charge in [-0.2, -0.15) is 17.9 Å². The van der Waals surface area contributed by atoms with Crippen molar-refractivity contribution in [2.45, 2.75) is 18.8 Å². The van der Waals surface area contributed by atoms with Gasteiger partial charge in [-0.15, -0.1) is 0 Å². The van der Waals surface area contributed by atoms with E-state index in [1.54, 1.807) is 4.72 Å². The van der Waals surface area contributed by atoms with Crippen LogP contribution in [0.2, 0.25) is 0 Å². The largest absolute Gasteiger partial charge is 0.476 e. The maximum absolute atomic E-state index is 13.1. The summed E-state index contributed by atoms with van der Waals surface area (Å²) in [6, 6.07) is 5.74. The topological polar surface area (TPSA) is 80.3 Å². The smallest absolute Gasteiger partial charge is 0.408 e. The van der Waals surface area contributed by atoms with Crippen LogP contribution in [-0.4, -0.2) is 39.0 Å². The molecule has 2 rings (SSSR count). The SMILES string of the molecule is CS(=O)(=O)NC(c1ccc(CNCCOc2ccc(F)cn2)cc1)C(F)(F)F. The lowest BCUT2D eigenvalue weighted by molar-refractivity contribution is -0.153. The van der Waals surface area contributed by atoms with E-state index in [4.69, 9.17) is 4.74 Å². The summed E-state index contributed by atoms with van der Waals surface area (Å²) in [5.41, 5.74) is 0.510. The number of aromatic nitrogens is 1. The van der Waals surface area contributed by atoms with E-state index >= 15 is 0 Å². The molecule has 1 aromatic carbocycles. The standard InChI is InChI=1S/C17H19F4N3O3S/c1-28(25,26)24-16(17(19,20)21)13-4-2-12(3-5-13)10-22-8-9-27-15-7-6-14(18)11-23-15/h2-7,11,16,22,24H,8-10H2,1H3. The third kappa shape index (κ3) is 7.41. The van der Waals surface area contributed by atoms with E-state index in [9.17, 15) is 26.0 Å². The Bertz CT molecular complexity index is 857. The molecule has 0 aliphatic carbocycles. The van der Waals surface area contributed by atoms with Crippen molar-refractivity contribution in [1.82, 2.24) is 15.0 Å². The van der Waals surface area contributed by atoms with Crippen LogP contribution in [0.25, 0.3) is 0 Å². The van der Waals surface area contributed by atoms with Crippen LogP contribution in [-0.2, 0) is 16.6 Å². The summed E-state index contributed by atoms with van der Waals surface area (Å²) in [6.07, 6.45) is -3.04. The van der Waals surface area contributed by atoms with Crippen LogP contribution in [0.4, 0.5) is 17.6 Å². The average Bonchev–Trinajstić information content (AvgIpc) is 2.60. The van der Waals surface area contributed by atoms with Gasteiger partial charge in [0.05, 0.1) is 12.5 Å². The maximum atomic E-state index is 13.1. The van der Waals surface area contributed by atoms with E-state index in [2.05, 4.69) is 10.3 Å². The summed E-state index contributed by atoms with van der Waals surface area (Å²) in [7, 11) is -4.03. The van der Waals surface area contributed by atoms with Crippen LogP contribution >= 0.6 is 0 Å². The zero-order valence-electron chi connectivity index (χ0n) is 14.8. The molecule has 0 fully saturated rings. The van der Waals surface area contributed by atoms with Crippen molar-refractivity contribution < 1.29 is 30.7 Å². The lowest BCUT2D eigenvalue weighted by atomic mass is 10.1. The lowest BCUT2D eigenvalue weighted by Gasteiger charge is -2.21. The van der Waals surface area contributed by atoms with Crippen LogP contribution in [0.15, 0.2) is 42.6 Å². The molecule has 2 aromatic rings. The summed E-state index contributed by atoms with van der Waals surface area (Å²) >= 11 is 0. The van der Waals surface area contributed by atoms with Gasteiger partial charge in [0, 0.05) is 19.2 Å². The molecule has 1 unspecified atom stereocenters. The predicted molar refractivity (Wildman–Crippen MR) is 94.6 cm³/mol. The number of nitrogens with one attached hydrogen (secondary N) is 2. The molecule has 0 amide bonds. The molecule has 0 aliphatic rings. The molecule has 2 N–H and O–H groups in total. The average molecular weight is 421 g/mol. The fourth-order valence-corrected chi connectivity index (χ4v) is 2.97. The Balaban J connectivity index is 1.85. The highest BCUT2D eigenvalue weighted by Gasteiger charge is 2.42. The minimum absolute atomic E-state index is 0.201. The molecule has 1 aromatic heterocycles.